The number of rotatable bonds is 6. The molecule has 0 radical (unpaired) electrons. The van der Waals surface area contributed by atoms with Crippen LogP contribution in [-0.4, -0.2) is 27.5 Å². The lowest BCUT2D eigenvalue weighted by Gasteiger charge is -2.10. The van der Waals surface area contributed by atoms with Gasteiger partial charge in [-0.05, 0) is 60.2 Å². The molecular formula is C23H17ClN4O2. The van der Waals surface area contributed by atoms with E-state index in [-0.39, 0.29) is 18.4 Å². The molecule has 0 saturated carbocycles. The first kappa shape index (κ1) is 19.5. The molecule has 0 aliphatic rings. The van der Waals surface area contributed by atoms with E-state index in [2.05, 4.69) is 20.3 Å². The Morgan fingerprint density at radius 2 is 1.63 bits per heavy atom. The predicted molar refractivity (Wildman–Crippen MR) is 118 cm³/mol. The first-order valence-corrected chi connectivity index (χ1v) is 9.58. The van der Waals surface area contributed by atoms with Crippen LogP contribution in [0.1, 0.15) is 11.3 Å². The molecule has 2 aromatic carbocycles. The lowest BCUT2D eigenvalue weighted by Crippen LogP contribution is -2.20. The zero-order chi connectivity index (χ0) is 20.8. The first-order valence-electron chi connectivity index (χ1n) is 9.20. The van der Waals surface area contributed by atoms with Gasteiger partial charge in [0.1, 0.15) is 5.69 Å². The van der Waals surface area contributed by atoms with E-state index in [0.29, 0.717) is 21.9 Å². The molecule has 1 N–H and O–H groups in total. The Labute approximate surface area is 178 Å². The van der Waals surface area contributed by atoms with E-state index in [1.807, 2.05) is 42.5 Å². The molecule has 0 atom stereocenters. The Hall–Kier alpha value is -3.77. The number of benzene rings is 2. The minimum absolute atomic E-state index is 0.203. The normalized spacial score (nSPS) is 11.0. The van der Waals surface area contributed by atoms with Gasteiger partial charge < -0.3 is 10.1 Å². The maximum atomic E-state index is 12.3. The van der Waals surface area contributed by atoms with Crippen molar-refractivity contribution in [1.82, 2.24) is 15.0 Å². The standard InChI is InChI=1S/C23H17ClN4O2/c24-17-6-8-18(9-7-17)26-22(29)15-30-23-21(10-5-16-11-13-25-14-12-16)27-19-3-1-2-4-20(19)28-23/h1-14H,15H2,(H,26,29)/b10-5-. The highest BCUT2D eigenvalue weighted by atomic mass is 35.5. The number of aromatic nitrogens is 3. The second kappa shape index (κ2) is 9.15. The number of halogens is 1. The minimum atomic E-state index is -0.309. The van der Waals surface area contributed by atoms with E-state index in [1.165, 1.54) is 0 Å². The average molecular weight is 417 g/mol. The highest BCUT2D eigenvalue weighted by molar-refractivity contribution is 6.30. The van der Waals surface area contributed by atoms with Crippen LogP contribution in [0.5, 0.6) is 5.88 Å². The Bertz CT molecular complexity index is 1190. The Morgan fingerprint density at radius 3 is 2.37 bits per heavy atom. The van der Waals surface area contributed by atoms with Crippen molar-refractivity contribution in [2.45, 2.75) is 0 Å². The second-order valence-electron chi connectivity index (χ2n) is 6.36. The molecule has 30 heavy (non-hydrogen) atoms. The third-order valence-electron chi connectivity index (χ3n) is 4.17. The van der Waals surface area contributed by atoms with Crippen LogP contribution in [-0.2, 0) is 4.79 Å². The van der Waals surface area contributed by atoms with Crippen LogP contribution in [0.15, 0.2) is 73.1 Å². The zero-order valence-corrected chi connectivity index (χ0v) is 16.6. The molecule has 2 heterocycles. The maximum Gasteiger partial charge on any atom is 0.262 e. The number of hydrogen-bond acceptors (Lipinski definition) is 5. The molecule has 0 unspecified atom stereocenters. The average Bonchev–Trinajstić information content (AvgIpc) is 2.78. The van der Waals surface area contributed by atoms with Crippen LogP contribution in [0, 0.1) is 0 Å². The molecule has 0 bridgehead atoms. The molecule has 2 aromatic heterocycles. The van der Waals surface area contributed by atoms with Crippen LogP contribution in [0.3, 0.4) is 0 Å². The van der Waals surface area contributed by atoms with Crippen molar-refractivity contribution < 1.29 is 9.53 Å². The quantitative estimate of drug-likeness (QED) is 0.485. The van der Waals surface area contributed by atoms with E-state index in [1.54, 1.807) is 42.7 Å². The van der Waals surface area contributed by atoms with Gasteiger partial charge in [-0.3, -0.25) is 9.78 Å². The van der Waals surface area contributed by atoms with E-state index in [0.717, 1.165) is 11.1 Å². The monoisotopic (exact) mass is 416 g/mol. The van der Waals surface area contributed by atoms with Gasteiger partial charge in [0.15, 0.2) is 6.61 Å². The molecule has 7 heteroatoms. The summed E-state index contributed by atoms with van der Waals surface area (Å²) in [5, 5.41) is 3.36. The highest BCUT2D eigenvalue weighted by Gasteiger charge is 2.11. The van der Waals surface area contributed by atoms with Gasteiger partial charge in [-0.15, -0.1) is 0 Å². The number of fused-ring (bicyclic) bond motifs is 1. The molecule has 0 fully saturated rings. The molecule has 6 nitrogen and oxygen atoms in total. The number of carbonyl (C=O) groups excluding carboxylic acids is 1. The van der Waals surface area contributed by atoms with Crippen molar-refractivity contribution in [2.24, 2.45) is 0 Å². The first-order chi connectivity index (χ1) is 14.7. The number of carbonyl (C=O) groups is 1. The van der Waals surface area contributed by atoms with Crippen LogP contribution >= 0.6 is 11.6 Å². The summed E-state index contributed by atoms with van der Waals surface area (Å²) in [4.78, 5) is 25.4. The summed E-state index contributed by atoms with van der Waals surface area (Å²) in [5.41, 5.74) is 3.56. The van der Waals surface area contributed by atoms with Crippen LogP contribution in [0.4, 0.5) is 5.69 Å². The third-order valence-corrected chi connectivity index (χ3v) is 4.42. The summed E-state index contributed by atoms with van der Waals surface area (Å²) >= 11 is 5.87. The van der Waals surface area contributed by atoms with E-state index >= 15 is 0 Å². The minimum Gasteiger partial charge on any atom is -0.466 e. The van der Waals surface area contributed by atoms with Gasteiger partial charge in [-0.2, -0.15) is 0 Å². The summed E-state index contributed by atoms with van der Waals surface area (Å²) in [6, 6.07) is 18.1. The van der Waals surface area contributed by atoms with Crippen molar-refractivity contribution in [2.75, 3.05) is 11.9 Å². The number of amides is 1. The number of nitrogens with one attached hydrogen (secondary N) is 1. The molecule has 0 aliphatic heterocycles. The predicted octanol–water partition coefficient (Wildman–Crippen LogP) is 4.87. The van der Waals surface area contributed by atoms with Gasteiger partial charge >= 0.3 is 0 Å². The molecule has 0 spiro atoms. The number of hydrogen-bond donors (Lipinski definition) is 1. The lowest BCUT2D eigenvalue weighted by molar-refractivity contribution is -0.118. The lowest BCUT2D eigenvalue weighted by atomic mass is 10.2. The highest BCUT2D eigenvalue weighted by Crippen LogP contribution is 2.21. The molecule has 4 aromatic rings. The van der Waals surface area contributed by atoms with Crippen molar-refractivity contribution in [1.29, 1.82) is 0 Å². The van der Waals surface area contributed by atoms with Gasteiger partial charge in [0.05, 0.1) is 11.0 Å². The Morgan fingerprint density at radius 1 is 0.933 bits per heavy atom. The van der Waals surface area contributed by atoms with Gasteiger partial charge in [0.2, 0.25) is 5.88 Å². The van der Waals surface area contributed by atoms with Crippen molar-refractivity contribution in [3.05, 3.63) is 89.3 Å². The topological polar surface area (TPSA) is 77.0 Å². The van der Waals surface area contributed by atoms with E-state index in [4.69, 9.17) is 16.3 Å². The number of pyridine rings is 1. The Kier molecular flexibility index (Phi) is 5.96. The summed E-state index contributed by atoms with van der Waals surface area (Å²) in [6.07, 6.45) is 7.12. The van der Waals surface area contributed by atoms with Crippen LogP contribution in [0.25, 0.3) is 23.2 Å². The fraction of sp³-hybridized carbons (Fsp3) is 0.0435. The largest absolute Gasteiger partial charge is 0.466 e. The molecule has 148 valence electrons. The summed E-state index contributed by atoms with van der Waals surface area (Å²) in [5.74, 6) is -0.0263. The Balaban J connectivity index is 1.54. The maximum absolute atomic E-state index is 12.3. The number of anilines is 1. The molecule has 4 rings (SSSR count). The van der Waals surface area contributed by atoms with E-state index < -0.39 is 0 Å². The van der Waals surface area contributed by atoms with Crippen molar-refractivity contribution in [3.8, 4) is 5.88 Å². The fourth-order valence-electron chi connectivity index (χ4n) is 2.73. The third kappa shape index (κ3) is 4.98. The molecule has 1 amide bonds. The molecular weight excluding hydrogens is 400 g/mol. The smallest absolute Gasteiger partial charge is 0.262 e. The summed E-state index contributed by atoms with van der Waals surface area (Å²) in [6.45, 7) is -0.203. The van der Waals surface area contributed by atoms with Crippen molar-refractivity contribution in [3.63, 3.8) is 0 Å². The SMILES string of the molecule is O=C(COc1nc2ccccc2nc1/C=C\c1ccncc1)Nc1ccc(Cl)cc1. The van der Waals surface area contributed by atoms with Gasteiger partial charge in [0, 0.05) is 23.1 Å². The zero-order valence-electron chi connectivity index (χ0n) is 15.8. The van der Waals surface area contributed by atoms with Gasteiger partial charge in [-0.1, -0.05) is 29.8 Å². The van der Waals surface area contributed by atoms with Crippen LogP contribution < -0.4 is 10.1 Å². The number of ether oxygens (including phenoxy) is 1. The molecule has 0 aliphatic carbocycles. The van der Waals surface area contributed by atoms with E-state index in [9.17, 15) is 4.79 Å². The van der Waals surface area contributed by atoms with Crippen LogP contribution in [0.2, 0.25) is 5.02 Å². The van der Waals surface area contributed by atoms with Crippen molar-refractivity contribution >= 4 is 46.4 Å². The molecule has 0 saturated heterocycles. The fourth-order valence-corrected chi connectivity index (χ4v) is 2.85. The number of para-hydroxylation sites is 2. The summed E-state index contributed by atoms with van der Waals surface area (Å²) < 4.78 is 5.72. The van der Waals surface area contributed by atoms with Gasteiger partial charge in [0.25, 0.3) is 5.91 Å². The van der Waals surface area contributed by atoms with Gasteiger partial charge in [-0.25, -0.2) is 9.97 Å². The summed E-state index contributed by atoms with van der Waals surface area (Å²) in [7, 11) is 0. The second-order valence-corrected chi connectivity index (χ2v) is 6.80. The number of nitrogens with zero attached hydrogens (tertiary/aromatic N) is 3.